The summed E-state index contributed by atoms with van der Waals surface area (Å²) >= 11 is 0. The Morgan fingerprint density at radius 2 is 1.08 bits per heavy atom. The van der Waals surface area contributed by atoms with Crippen LogP contribution >= 0.6 is 7.82 Å². The molecule has 0 radical (unpaired) electrons. The second-order valence-corrected chi connectivity index (χ2v) is 15.2. The molecule has 306 valence electrons. The third-order valence-corrected chi connectivity index (χ3v) is 9.29. The highest BCUT2D eigenvalue weighted by molar-refractivity contribution is 7.47. The van der Waals surface area contributed by atoms with Crippen molar-refractivity contribution in [3.05, 3.63) is 60.8 Å². The fourth-order valence-corrected chi connectivity index (χ4v) is 5.88. The summed E-state index contributed by atoms with van der Waals surface area (Å²) in [5, 5.41) is 0. The van der Waals surface area contributed by atoms with E-state index in [1.807, 2.05) is 19.0 Å². The summed E-state index contributed by atoms with van der Waals surface area (Å²) in [5.41, 5.74) is 0. The molecule has 0 aliphatic rings. The fraction of sp³-hybridized carbons (Fsp3) is 0.721. The Hall–Kier alpha value is -2.29. The van der Waals surface area contributed by atoms with Crippen LogP contribution in [0, 0.1) is 0 Å². The van der Waals surface area contributed by atoms with Gasteiger partial charge in [-0.1, -0.05) is 126 Å². The van der Waals surface area contributed by atoms with Crippen LogP contribution in [0.2, 0.25) is 0 Å². The lowest BCUT2D eigenvalue weighted by atomic mass is 10.1. The van der Waals surface area contributed by atoms with Gasteiger partial charge in [0.1, 0.15) is 6.61 Å². The molecular weight excluding hydrogens is 689 g/mol. The van der Waals surface area contributed by atoms with Crippen molar-refractivity contribution >= 4 is 19.8 Å². The zero-order chi connectivity index (χ0) is 39.1. The van der Waals surface area contributed by atoms with Gasteiger partial charge in [0, 0.05) is 19.4 Å². The number of nitrogens with zero attached hydrogens (tertiary/aromatic N) is 1. The molecule has 0 aromatic carbocycles. The molecule has 2 atom stereocenters. The van der Waals surface area contributed by atoms with Crippen molar-refractivity contribution in [1.82, 2.24) is 4.90 Å². The topological polar surface area (TPSA) is 112 Å². The van der Waals surface area contributed by atoms with Crippen LogP contribution < -0.4 is 0 Å². The number of ether oxygens (including phenoxy) is 2. The number of phosphoric acid groups is 1. The Balaban J connectivity index is 4.40. The Labute approximate surface area is 323 Å². The molecule has 53 heavy (non-hydrogen) atoms. The van der Waals surface area contributed by atoms with Crippen molar-refractivity contribution in [1.29, 1.82) is 0 Å². The van der Waals surface area contributed by atoms with Crippen LogP contribution in [-0.2, 0) is 32.7 Å². The van der Waals surface area contributed by atoms with Gasteiger partial charge in [-0.2, -0.15) is 0 Å². The summed E-state index contributed by atoms with van der Waals surface area (Å²) in [4.78, 5) is 36.9. The summed E-state index contributed by atoms with van der Waals surface area (Å²) in [5.74, 6) is -0.846. The van der Waals surface area contributed by atoms with Gasteiger partial charge in [0.15, 0.2) is 6.10 Å². The highest BCUT2D eigenvalue weighted by Gasteiger charge is 2.26. The lowest BCUT2D eigenvalue weighted by Gasteiger charge is -2.20. The summed E-state index contributed by atoms with van der Waals surface area (Å²) in [6, 6.07) is 0. The summed E-state index contributed by atoms with van der Waals surface area (Å²) in [6.45, 7) is 4.13. The Morgan fingerprint density at radius 3 is 1.62 bits per heavy atom. The second-order valence-electron chi connectivity index (χ2n) is 13.8. The van der Waals surface area contributed by atoms with E-state index in [4.69, 9.17) is 18.5 Å². The van der Waals surface area contributed by atoms with Gasteiger partial charge in [-0.05, 0) is 91.1 Å². The molecule has 0 aliphatic carbocycles. The first kappa shape index (κ1) is 50.7. The van der Waals surface area contributed by atoms with Crippen LogP contribution in [-0.4, -0.2) is 68.3 Å². The van der Waals surface area contributed by atoms with E-state index < -0.39 is 26.5 Å². The number of phosphoric ester groups is 1. The Morgan fingerprint density at radius 1 is 0.604 bits per heavy atom. The number of rotatable bonds is 37. The zero-order valence-corrected chi connectivity index (χ0v) is 34.8. The number of allylic oxidation sites excluding steroid dienone is 10. The standard InChI is InChI=1S/C43H76NO8P/c1-5-7-9-11-13-15-17-19-20-21-22-24-26-28-30-32-34-36-43(46)52-41(40-51-53(47,48)50-38-37-44(3)4)39-49-42(45)35-33-31-29-27-25-23-18-16-14-12-10-8-6-2/h7,9,13,15-16,18-20,22,24,41H,5-6,8,10-12,14,17,21,23,25-40H2,1-4H3,(H,47,48)/b9-7-,15-13-,18-16-,20-19-,24-22-. The van der Waals surface area contributed by atoms with E-state index in [0.717, 1.165) is 89.9 Å². The minimum atomic E-state index is -4.37. The lowest BCUT2D eigenvalue weighted by Crippen LogP contribution is -2.29. The molecule has 0 spiro atoms. The molecule has 0 aliphatic heterocycles. The van der Waals surface area contributed by atoms with Crippen molar-refractivity contribution in [2.75, 3.05) is 40.5 Å². The maximum absolute atomic E-state index is 12.6. The van der Waals surface area contributed by atoms with Crippen LogP contribution in [0.3, 0.4) is 0 Å². The maximum Gasteiger partial charge on any atom is 0.472 e. The number of carbonyl (C=O) groups is 2. The Bertz CT molecular complexity index is 1070. The summed E-state index contributed by atoms with van der Waals surface area (Å²) in [6.07, 6.45) is 42.6. The first-order chi connectivity index (χ1) is 25.7. The maximum atomic E-state index is 12.6. The van der Waals surface area contributed by atoms with E-state index in [0.29, 0.717) is 13.0 Å². The highest BCUT2D eigenvalue weighted by Crippen LogP contribution is 2.43. The van der Waals surface area contributed by atoms with Crippen LogP contribution in [0.4, 0.5) is 0 Å². The van der Waals surface area contributed by atoms with Gasteiger partial charge in [-0.3, -0.25) is 18.6 Å². The number of unbranched alkanes of at least 4 members (excludes halogenated alkanes) is 13. The van der Waals surface area contributed by atoms with Gasteiger partial charge in [-0.25, -0.2) is 4.57 Å². The quantitative estimate of drug-likeness (QED) is 0.0286. The molecule has 0 rings (SSSR count). The molecule has 0 heterocycles. The van der Waals surface area contributed by atoms with Crippen molar-refractivity contribution in [2.45, 2.75) is 161 Å². The van der Waals surface area contributed by atoms with Crippen LogP contribution in [0.25, 0.3) is 0 Å². The number of esters is 2. The minimum absolute atomic E-state index is 0.00166. The average molecular weight is 766 g/mol. The number of carbonyl (C=O) groups excluding carboxylic acids is 2. The van der Waals surface area contributed by atoms with Crippen LogP contribution in [0.15, 0.2) is 60.8 Å². The first-order valence-electron chi connectivity index (χ1n) is 20.6. The fourth-order valence-electron chi connectivity index (χ4n) is 5.14. The normalized spacial score (nSPS) is 14.1. The smallest absolute Gasteiger partial charge is 0.462 e. The molecule has 10 heteroatoms. The van der Waals surface area contributed by atoms with E-state index in [1.54, 1.807) is 0 Å². The van der Waals surface area contributed by atoms with Gasteiger partial charge < -0.3 is 19.3 Å². The molecule has 0 aromatic heterocycles. The summed E-state index contributed by atoms with van der Waals surface area (Å²) in [7, 11) is -0.735. The van der Waals surface area contributed by atoms with E-state index in [9.17, 15) is 19.0 Å². The lowest BCUT2D eigenvalue weighted by molar-refractivity contribution is -0.161. The van der Waals surface area contributed by atoms with Crippen molar-refractivity contribution in [3.63, 3.8) is 0 Å². The summed E-state index contributed by atoms with van der Waals surface area (Å²) < 4.78 is 33.4. The molecule has 0 saturated heterocycles. The third kappa shape index (κ3) is 39.2. The van der Waals surface area contributed by atoms with Gasteiger partial charge in [0.05, 0.1) is 13.2 Å². The molecule has 0 bridgehead atoms. The van der Waals surface area contributed by atoms with Crippen molar-refractivity contribution < 1.29 is 37.6 Å². The zero-order valence-electron chi connectivity index (χ0n) is 33.9. The van der Waals surface area contributed by atoms with E-state index in [2.05, 4.69) is 74.6 Å². The molecule has 9 nitrogen and oxygen atoms in total. The van der Waals surface area contributed by atoms with E-state index in [-0.39, 0.29) is 32.0 Å². The van der Waals surface area contributed by atoms with Gasteiger partial charge in [0.25, 0.3) is 0 Å². The second kappa shape index (κ2) is 38.0. The molecule has 0 saturated carbocycles. The number of hydrogen-bond acceptors (Lipinski definition) is 8. The average Bonchev–Trinajstić information content (AvgIpc) is 3.12. The van der Waals surface area contributed by atoms with E-state index in [1.165, 1.54) is 32.1 Å². The minimum Gasteiger partial charge on any atom is -0.462 e. The number of likely N-dealkylation sites (N-methyl/N-ethyl adjacent to an activating group) is 1. The highest BCUT2D eigenvalue weighted by atomic mass is 31.2. The van der Waals surface area contributed by atoms with Crippen LogP contribution in [0.1, 0.15) is 155 Å². The van der Waals surface area contributed by atoms with Crippen molar-refractivity contribution in [3.8, 4) is 0 Å². The van der Waals surface area contributed by atoms with Crippen LogP contribution in [0.5, 0.6) is 0 Å². The number of hydrogen-bond donors (Lipinski definition) is 1. The largest absolute Gasteiger partial charge is 0.472 e. The predicted molar refractivity (Wildman–Crippen MR) is 220 cm³/mol. The van der Waals surface area contributed by atoms with Crippen molar-refractivity contribution in [2.24, 2.45) is 0 Å². The SMILES string of the molecule is CC/C=C\C/C=C\C/C=C\C/C=C\CCCCCCC(=O)OC(COC(=O)CCCCCCC/C=C\CCCCCC)COP(=O)(O)OCCN(C)C. The molecule has 0 fully saturated rings. The van der Waals surface area contributed by atoms with Gasteiger partial charge in [0.2, 0.25) is 0 Å². The molecule has 0 aromatic rings. The molecular formula is C43H76NO8P. The first-order valence-corrected chi connectivity index (χ1v) is 22.1. The third-order valence-electron chi connectivity index (χ3n) is 8.31. The molecule has 0 amide bonds. The molecule has 2 unspecified atom stereocenters. The molecule has 1 N–H and O–H groups in total. The van der Waals surface area contributed by atoms with Gasteiger partial charge in [-0.15, -0.1) is 0 Å². The Kier molecular flexibility index (Phi) is 36.4. The monoisotopic (exact) mass is 766 g/mol. The van der Waals surface area contributed by atoms with Gasteiger partial charge >= 0.3 is 19.8 Å². The predicted octanol–water partition coefficient (Wildman–Crippen LogP) is 11.5. The van der Waals surface area contributed by atoms with E-state index >= 15 is 0 Å².